The lowest BCUT2D eigenvalue weighted by atomic mass is 10.0. The van der Waals surface area contributed by atoms with E-state index >= 15 is 0 Å². The zero-order chi connectivity index (χ0) is 13.8. The van der Waals surface area contributed by atoms with E-state index in [4.69, 9.17) is 4.74 Å². The third kappa shape index (κ3) is 3.48. The second kappa shape index (κ2) is 6.53. The summed E-state index contributed by atoms with van der Waals surface area (Å²) in [5.74, 6) is 0. The zero-order valence-corrected chi connectivity index (χ0v) is 13.0. The SMILES string of the molecule is Brc1ccc(-c2ccc(CN3CCOCC3)cc2)cc1. The molecular formula is C17H18BrNO. The van der Waals surface area contributed by atoms with Crippen LogP contribution in [0.1, 0.15) is 5.56 Å². The van der Waals surface area contributed by atoms with E-state index in [0.29, 0.717) is 0 Å². The van der Waals surface area contributed by atoms with E-state index in [0.717, 1.165) is 37.3 Å². The first-order valence-corrected chi connectivity index (χ1v) is 7.75. The number of morpholine rings is 1. The molecule has 0 bridgehead atoms. The Morgan fingerprint density at radius 1 is 0.850 bits per heavy atom. The molecule has 0 amide bonds. The molecule has 1 saturated heterocycles. The molecule has 0 spiro atoms. The normalized spacial score (nSPS) is 16.2. The molecule has 2 aromatic carbocycles. The minimum absolute atomic E-state index is 0.858. The van der Waals surface area contributed by atoms with Crippen LogP contribution in [0.15, 0.2) is 53.0 Å². The molecule has 0 aromatic heterocycles. The molecule has 1 heterocycles. The van der Waals surface area contributed by atoms with Crippen LogP contribution in [0, 0.1) is 0 Å². The summed E-state index contributed by atoms with van der Waals surface area (Å²) < 4.78 is 6.49. The summed E-state index contributed by atoms with van der Waals surface area (Å²) in [7, 11) is 0. The van der Waals surface area contributed by atoms with Gasteiger partial charge in [0.15, 0.2) is 0 Å². The molecule has 0 atom stereocenters. The van der Waals surface area contributed by atoms with Crippen molar-refractivity contribution in [3.05, 3.63) is 58.6 Å². The largest absolute Gasteiger partial charge is 0.379 e. The Balaban J connectivity index is 1.69. The second-order valence-electron chi connectivity index (χ2n) is 5.09. The van der Waals surface area contributed by atoms with Crippen molar-refractivity contribution in [3.63, 3.8) is 0 Å². The van der Waals surface area contributed by atoms with Gasteiger partial charge in [0, 0.05) is 24.1 Å². The lowest BCUT2D eigenvalue weighted by Crippen LogP contribution is -2.35. The quantitative estimate of drug-likeness (QED) is 0.844. The van der Waals surface area contributed by atoms with Gasteiger partial charge >= 0.3 is 0 Å². The molecule has 0 saturated carbocycles. The molecule has 1 aliphatic rings. The van der Waals surface area contributed by atoms with Gasteiger partial charge in [0.25, 0.3) is 0 Å². The average molecular weight is 332 g/mol. The lowest BCUT2D eigenvalue weighted by molar-refractivity contribution is 0.0342. The van der Waals surface area contributed by atoms with Crippen molar-refractivity contribution >= 4 is 15.9 Å². The van der Waals surface area contributed by atoms with E-state index in [1.54, 1.807) is 0 Å². The van der Waals surface area contributed by atoms with E-state index in [-0.39, 0.29) is 0 Å². The Labute approximate surface area is 128 Å². The third-order valence-corrected chi connectivity index (χ3v) is 4.17. The summed E-state index contributed by atoms with van der Waals surface area (Å²) in [6.07, 6.45) is 0. The van der Waals surface area contributed by atoms with Crippen LogP contribution in [-0.2, 0) is 11.3 Å². The van der Waals surface area contributed by atoms with E-state index in [1.165, 1.54) is 16.7 Å². The Kier molecular flexibility index (Phi) is 4.51. The van der Waals surface area contributed by atoms with Crippen LogP contribution in [0.4, 0.5) is 0 Å². The van der Waals surface area contributed by atoms with Crippen LogP contribution >= 0.6 is 15.9 Å². The number of ether oxygens (including phenoxy) is 1. The van der Waals surface area contributed by atoms with E-state index in [2.05, 4.69) is 69.4 Å². The second-order valence-corrected chi connectivity index (χ2v) is 6.01. The monoisotopic (exact) mass is 331 g/mol. The smallest absolute Gasteiger partial charge is 0.0594 e. The number of halogens is 1. The fraction of sp³-hybridized carbons (Fsp3) is 0.294. The van der Waals surface area contributed by atoms with Gasteiger partial charge in [-0.3, -0.25) is 4.90 Å². The Hall–Kier alpha value is -1.16. The van der Waals surface area contributed by atoms with Crippen molar-refractivity contribution in [2.75, 3.05) is 26.3 Å². The summed E-state index contributed by atoms with van der Waals surface area (Å²) in [6, 6.07) is 17.3. The van der Waals surface area contributed by atoms with Crippen LogP contribution in [0.5, 0.6) is 0 Å². The van der Waals surface area contributed by atoms with Crippen molar-refractivity contribution in [3.8, 4) is 11.1 Å². The van der Waals surface area contributed by atoms with E-state index < -0.39 is 0 Å². The van der Waals surface area contributed by atoms with Gasteiger partial charge in [0.1, 0.15) is 0 Å². The number of nitrogens with zero attached hydrogens (tertiary/aromatic N) is 1. The third-order valence-electron chi connectivity index (χ3n) is 3.64. The van der Waals surface area contributed by atoms with Crippen LogP contribution in [0.2, 0.25) is 0 Å². The van der Waals surface area contributed by atoms with Crippen LogP contribution in [0.25, 0.3) is 11.1 Å². The summed E-state index contributed by atoms with van der Waals surface area (Å²) in [4.78, 5) is 2.44. The first kappa shape index (κ1) is 13.8. The number of rotatable bonds is 3. The first-order valence-electron chi connectivity index (χ1n) is 6.96. The minimum atomic E-state index is 0.858. The Morgan fingerprint density at radius 2 is 1.40 bits per heavy atom. The molecule has 1 fully saturated rings. The highest BCUT2D eigenvalue weighted by Gasteiger charge is 2.10. The molecule has 0 unspecified atom stereocenters. The maximum atomic E-state index is 5.38. The lowest BCUT2D eigenvalue weighted by Gasteiger charge is -2.26. The molecule has 1 aliphatic heterocycles. The molecule has 3 rings (SSSR count). The highest BCUT2D eigenvalue weighted by Crippen LogP contribution is 2.22. The maximum absolute atomic E-state index is 5.38. The molecule has 0 N–H and O–H groups in total. The van der Waals surface area contributed by atoms with Crippen LogP contribution in [-0.4, -0.2) is 31.2 Å². The fourth-order valence-electron chi connectivity index (χ4n) is 2.46. The Morgan fingerprint density at radius 3 is 2.00 bits per heavy atom. The molecule has 2 nitrogen and oxygen atoms in total. The van der Waals surface area contributed by atoms with E-state index in [1.807, 2.05) is 0 Å². The summed E-state index contributed by atoms with van der Waals surface area (Å²) in [5.41, 5.74) is 3.89. The van der Waals surface area contributed by atoms with Crippen LogP contribution in [0.3, 0.4) is 0 Å². The van der Waals surface area contributed by atoms with E-state index in [9.17, 15) is 0 Å². The standard InChI is InChI=1S/C17H18BrNO/c18-17-7-5-16(6-8-17)15-3-1-14(2-4-15)13-19-9-11-20-12-10-19/h1-8H,9-13H2. The van der Waals surface area contributed by atoms with Gasteiger partial charge in [-0.25, -0.2) is 0 Å². The van der Waals surface area contributed by atoms with Gasteiger partial charge in [0.05, 0.1) is 13.2 Å². The molecule has 104 valence electrons. The molecular weight excluding hydrogens is 314 g/mol. The van der Waals surface area contributed by atoms with Gasteiger partial charge in [-0.15, -0.1) is 0 Å². The molecule has 3 heteroatoms. The molecule has 2 aromatic rings. The highest BCUT2D eigenvalue weighted by molar-refractivity contribution is 9.10. The first-order chi connectivity index (χ1) is 9.81. The number of benzene rings is 2. The summed E-state index contributed by atoms with van der Waals surface area (Å²) >= 11 is 3.47. The number of hydrogen-bond acceptors (Lipinski definition) is 2. The predicted octanol–water partition coefficient (Wildman–Crippen LogP) is 3.95. The topological polar surface area (TPSA) is 12.5 Å². The van der Waals surface area contributed by atoms with Crippen molar-refractivity contribution in [2.45, 2.75) is 6.54 Å². The summed E-state index contributed by atoms with van der Waals surface area (Å²) in [6.45, 7) is 4.81. The van der Waals surface area contributed by atoms with Gasteiger partial charge in [-0.2, -0.15) is 0 Å². The van der Waals surface area contributed by atoms with Gasteiger partial charge in [-0.1, -0.05) is 52.3 Å². The van der Waals surface area contributed by atoms with Crippen LogP contribution < -0.4 is 0 Å². The van der Waals surface area contributed by atoms with Gasteiger partial charge < -0.3 is 4.74 Å². The maximum Gasteiger partial charge on any atom is 0.0594 e. The predicted molar refractivity (Wildman–Crippen MR) is 85.7 cm³/mol. The highest BCUT2D eigenvalue weighted by atomic mass is 79.9. The van der Waals surface area contributed by atoms with Crippen molar-refractivity contribution in [1.82, 2.24) is 4.90 Å². The molecule has 0 aliphatic carbocycles. The Bertz CT molecular complexity index is 544. The molecule has 20 heavy (non-hydrogen) atoms. The average Bonchev–Trinajstić information content (AvgIpc) is 2.50. The van der Waals surface area contributed by atoms with Crippen molar-refractivity contribution < 1.29 is 4.74 Å². The fourth-order valence-corrected chi connectivity index (χ4v) is 2.73. The minimum Gasteiger partial charge on any atom is -0.379 e. The zero-order valence-electron chi connectivity index (χ0n) is 11.4. The molecule has 0 radical (unpaired) electrons. The number of hydrogen-bond donors (Lipinski definition) is 0. The van der Waals surface area contributed by atoms with Crippen molar-refractivity contribution in [2.24, 2.45) is 0 Å². The van der Waals surface area contributed by atoms with Gasteiger partial charge in [-0.05, 0) is 28.8 Å². The van der Waals surface area contributed by atoms with Gasteiger partial charge in [0.2, 0.25) is 0 Å². The summed E-state index contributed by atoms with van der Waals surface area (Å²) in [5, 5.41) is 0. The van der Waals surface area contributed by atoms with Crippen molar-refractivity contribution in [1.29, 1.82) is 0 Å².